The van der Waals surface area contributed by atoms with Crippen molar-refractivity contribution in [3.63, 3.8) is 0 Å². The van der Waals surface area contributed by atoms with Crippen LogP contribution in [0.3, 0.4) is 0 Å². The van der Waals surface area contributed by atoms with E-state index in [1.807, 2.05) is 55.6 Å². The van der Waals surface area contributed by atoms with Crippen molar-refractivity contribution in [1.82, 2.24) is 20.5 Å². The smallest absolute Gasteiger partial charge is 0.237 e. The number of H-pyrrole nitrogens is 1. The van der Waals surface area contributed by atoms with Crippen molar-refractivity contribution < 1.29 is 14.3 Å². The number of carbonyl (C=O) groups is 2. The second-order valence-electron chi connectivity index (χ2n) is 8.02. The van der Waals surface area contributed by atoms with Gasteiger partial charge in [0.2, 0.25) is 11.8 Å². The topological polar surface area (TPSA) is 86.5 Å². The third kappa shape index (κ3) is 5.29. The summed E-state index contributed by atoms with van der Waals surface area (Å²) in [4.78, 5) is 30.5. The van der Waals surface area contributed by atoms with Crippen molar-refractivity contribution in [2.45, 2.75) is 32.4 Å². The van der Waals surface area contributed by atoms with Crippen LogP contribution in [0.2, 0.25) is 0 Å². The number of nitrogens with one attached hydrogen (secondary N) is 3. The van der Waals surface area contributed by atoms with Gasteiger partial charge in [-0.15, -0.1) is 0 Å². The maximum atomic E-state index is 12.6. The summed E-state index contributed by atoms with van der Waals surface area (Å²) in [5, 5.41) is 7.05. The molecule has 7 heteroatoms. The highest BCUT2D eigenvalue weighted by Gasteiger charge is 2.31. The van der Waals surface area contributed by atoms with Gasteiger partial charge in [-0.05, 0) is 42.7 Å². The number of carbonyl (C=O) groups excluding carboxylic acids is 2. The predicted molar refractivity (Wildman–Crippen MR) is 124 cm³/mol. The molecule has 1 aromatic heterocycles. The Balaban J connectivity index is 1.31. The van der Waals surface area contributed by atoms with Crippen LogP contribution < -0.4 is 15.4 Å². The first-order valence-corrected chi connectivity index (χ1v) is 11.2. The first kappa shape index (κ1) is 21.9. The molecule has 3 N–H and O–H groups in total. The van der Waals surface area contributed by atoms with Gasteiger partial charge in [-0.25, -0.2) is 0 Å². The second kappa shape index (κ2) is 10.3. The largest absolute Gasteiger partial charge is 0.494 e. The molecule has 0 saturated carbocycles. The van der Waals surface area contributed by atoms with Gasteiger partial charge < -0.3 is 20.4 Å². The van der Waals surface area contributed by atoms with E-state index >= 15 is 0 Å². The van der Waals surface area contributed by atoms with E-state index < -0.39 is 6.04 Å². The van der Waals surface area contributed by atoms with Crippen molar-refractivity contribution >= 4 is 22.7 Å². The number of para-hydroxylation sites is 1. The van der Waals surface area contributed by atoms with Crippen molar-refractivity contribution in [1.29, 1.82) is 0 Å². The van der Waals surface area contributed by atoms with E-state index in [1.54, 1.807) is 0 Å². The van der Waals surface area contributed by atoms with Gasteiger partial charge in [0.05, 0.1) is 19.1 Å². The Labute approximate surface area is 188 Å². The van der Waals surface area contributed by atoms with E-state index in [1.165, 1.54) is 10.9 Å². The number of nitrogens with zero attached hydrogens (tertiary/aromatic N) is 1. The molecule has 1 aliphatic rings. The molecule has 0 radical (unpaired) electrons. The van der Waals surface area contributed by atoms with Crippen LogP contribution in [0, 0.1) is 0 Å². The molecule has 7 nitrogen and oxygen atoms in total. The monoisotopic (exact) mass is 434 g/mol. The van der Waals surface area contributed by atoms with E-state index in [0.29, 0.717) is 32.8 Å². The zero-order valence-corrected chi connectivity index (χ0v) is 18.4. The number of amides is 2. The summed E-state index contributed by atoms with van der Waals surface area (Å²) in [6.45, 7) is 5.04. The van der Waals surface area contributed by atoms with Gasteiger partial charge in [-0.3, -0.25) is 14.5 Å². The van der Waals surface area contributed by atoms with Gasteiger partial charge in [0.15, 0.2) is 0 Å². The van der Waals surface area contributed by atoms with Crippen LogP contribution in [0.25, 0.3) is 10.9 Å². The Bertz CT molecular complexity index is 1060. The van der Waals surface area contributed by atoms with Gasteiger partial charge in [-0.1, -0.05) is 30.3 Å². The number of ether oxygens (including phenoxy) is 1. The lowest BCUT2D eigenvalue weighted by Crippen LogP contribution is -2.56. The predicted octanol–water partition coefficient (Wildman–Crippen LogP) is 2.62. The highest BCUT2D eigenvalue weighted by atomic mass is 16.5. The van der Waals surface area contributed by atoms with Gasteiger partial charge >= 0.3 is 0 Å². The third-order valence-corrected chi connectivity index (χ3v) is 5.83. The molecule has 2 heterocycles. The number of hydrogen-bond acceptors (Lipinski definition) is 4. The Morgan fingerprint density at radius 1 is 1.19 bits per heavy atom. The molecule has 2 aromatic carbocycles. The first-order chi connectivity index (χ1) is 15.6. The molecular formula is C25H30N4O3. The summed E-state index contributed by atoms with van der Waals surface area (Å²) in [5.74, 6) is 0.635. The molecule has 0 bridgehead atoms. The minimum absolute atomic E-state index is 0.0889. The highest BCUT2D eigenvalue weighted by Crippen LogP contribution is 2.19. The van der Waals surface area contributed by atoms with E-state index in [-0.39, 0.29) is 18.2 Å². The van der Waals surface area contributed by atoms with Crippen molar-refractivity contribution in [3.8, 4) is 5.75 Å². The molecule has 3 aromatic rings. The maximum Gasteiger partial charge on any atom is 0.237 e. The van der Waals surface area contributed by atoms with E-state index in [0.717, 1.165) is 23.3 Å². The molecule has 0 aliphatic carbocycles. The fraction of sp³-hybridized carbons (Fsp3) is 0.360. The molecule has 1 unspecified atom stereocenters. The van der Waals surface area contributed by atoms with Crippen molar-refractivity contribution in [3.05, 3.63) is 65.9 Å². The molecule has 1 fully saturated rings. The second-order valence-corrected chi connectivity index (χ2v) is 8.02. The van der Waals surface area contributed by atoms with Gasteiger partial charge in [0.1, 0.15) is 5.75 Å². The summed E-state index contributed by atoms with van der Waals surface area (Å²) in [6, 6.07) is 15.6. The number of aromatic nitrogens is 1. The summed E-state index contributed by atoms with van der Waals surface area (Å²) < 4.78 is 5.50. The third-order valence-electron chi connectivity index (χ3n) is 5.83. The van der Waals surface area contributed by atoms with Crippen LogP contribution in [0.15, 0.2) is 54.7 Å². The zero-order valence-electron chi connectivity index (χ0n) is 18.4. The van der Waals surface area contributed by atoms with E-state index in [9.17, 15) is 9.59 Å². The van der Waals surface area contributed by atoms with Crippen LogP contribution in [0.5, 0.6) is 5.75 Å². The molecule has 0 spiro atoms. The lowest BCUT2D eigenvalue weighted by Gasteiger charge is -2.34. The Morgan fingerprint density at radius 2 is 2.00 bits per heavy atom. The fourth-order valence-corrected chi connectivity index (χ4v) is 4.19. The average Bonchev–Trinajstić information content (AvgIpc) is 3.21. The minimum Gasteiger partial charge on any atom is -0.494 e. The van der Waals surface area contributed by atoms with Crippen LogP contribution in [0.1, 0.15) is 24.5 Å². The van der Waals surface area contributed by atoms with Crippen LogP contribution in [-0.2, 0) is 22.6 Å². The lowest BCUT2D eigenvalue weighted by atomic mass is 10.1. The molecule has 1 atom stereocenters. The summed E-state index contributed by atoms with van der Waals surface area (Å²) in [6.07, 6.45) is 2.88. The fourth-order valence-electron chi connectivity index (χ4n) is 4.19. The molecular weight excluding hydrogens is 404 g/mol. The number of rotatable bonds is 9. The van der Waals surface area contributed by atoms with E-state index in [4.69, 9.17) is 4.74 Å². The Morgan fingerprint density at radius 3 is 2.81 bits per heavy atom. The number of piperazine rings is 1. The number of fused-ring (bicyclic) bond motifs is 1. The molecule has 168 valence electrons. The molecule has 1 aliphatic heterocycles. The van der Waals surface area contributed by atoms with Crippen LogP contribution in [0.4, 0.5) is 0 Å². The first-order valence-electron chi connectivity index (χ1n) is 11.2. The zero-order chi connectivity index (χ0) is 22.3. The van der Waals surface area contributed by atoms with Gasteiger partial charge in [-0.2, -0.15) is 0 Å². The minimum atomic E-state index is -0.469. The lowest BCUT2D eigenvalue weighted by molar-refractivity contribution is -0.134. The van der Waals surface area contributed by atoms with Crippen LogP contribution in [-0.4, -0.2) is 54.0 Å². The summed E-state index contributed by atoms with van der Waals surface area (Å²) in [5.41, 5.74) is 3.36. The van der Waals surface area contributed by atoms with Crippen molar-refractivity contribution in [2.24, 2.45) is 0 Å². The van der Waals surface area contributed by atoms with Crippen LogP contribution >= 0.6 is 0 Å². The molecule has 1 saturated heterocycles. The number of benzene rings is 2. The van der Waals surface area contributed by atoms with Gasteiger partial charge in [0.25, 0.3) is 0 Å². The van der Waals surface area contributed by atoms with Crippen molar-refractivity contribution in [2.75, 3.05) is 26.2 Å². The number of hydrogen-bond donors (Lipinski definition) is 3. The highest BCUT2D eigenvalue weighted by molar-refractivity contribution is 5.89. The maximum absolute atomic E-state index is 12.6. The Hall–Kier alpha value is -3.32. The average molecular weight is 435 g/mol. The molecule has 2 amide bonds. The van der Waals surface area contributed by atoms with E-state index in [2.05, 4.69) is 26.6 Å². The summed E-state index contributed by atoms with van der Waals surface area (Å²) in [7, 11) is 0. The standard InChI is InChI=1S/C25H30N4O3/c1-2-32-20-9-7-18(8-10-20)17-29-14-13-27-25(31)23(29)15-24(30)26-12-11-19-16-28-22-6-4-3-5-21(19)22/h3-10,16,23,28H,2,11-15,17H2,1H3,(H,26,30)(H,27,31). The number of aromatic amines is 1. The SMILES string of the molecule is CCOc1ccc(CN2CCNC(=O)C2CC(=O)NCCc2c[nH]c3ccccc23)cc1. The quantitative estimate of drug-likeness (QED) is 0.483. The Kier molecular flexibility index (Phi) is 7.07. The molecule has 4 rings (SSSR count). The summed E-state index contributed by atoms with van der Waals surface area (Å²) >= 11 is 0. The van der Waals surface area contributed by atoms with Gasteiger partial charge in [0, 0.05) is 43.3 Å². The normalized spacial score (nSPS) is 16.7. The molecule has 32 heavy (non-hydrogen) atoms.